The van der Waals surface area contributed by atoms with E-state index < -0.39 is 5.91 Å². The van der Waals surface area contributed by atoms with Gasteiger partial charge in [0.05, 0.1) is 25.3 Å². The third-order valence-electron chi connectivity index (χ3n) is 3.94. The second-order valence-corrected chi connectivity index (χ2v) is 5.90. The van der Waals surface area contributed by atoms with Crippen molar-refractivity contribution in [3.05, 3.63) is 64.1 Å². The highest BCUT2D eigenvalue weighted by Crippen LogP contribution is 2.27. The number of ether oxygens (including phenoxy) is 2. The van der Waals surface area contributed by atoms with Gasteiger partial charge in [-0.3, -0.25) is 9.59 Å². The van der Waals surface area contributed by atoms with Gasteiger partial charge in [0.1, 0.15) is 0 Å². The Morgan fingerprint density at radius 2 is 2.00 bits per heavy atom. The summed E-state index contributed by atoms with van der Waals surface area (Å²) in [4.78, 5) is 24.2. The van der Waals surface area contributed by atoms with Crippen LogP contribution < -0.4 is 20.5 Å². The van der Waals surface area contributed by atoms with E-state index in [4.69, 9.17) is 9.47 Å². The first-order valence-electron chi connectivity index (χ1n) is 8.75. The van der Waals surface area contributed by atoms with Gasteiger partial charge in [0.15, 0.2) is 17.2 Å². The fraction of sp³-hybridized carbons (Fsp3) is 0.200. The molecule has 0 saturated carbocycles. The number of rotatable bonds is 7. The second kappa shape index (κ2) is 8.81. The zero-order valence-corrected chi connectivity index (χ0v) is 15.6. The fourth-order valence-electron chi connectivity index (χ4n) is 2.60. The third-order valence-corrected chi connectivity index (χ3v) is 3.94. The highest BCUT2D eigenvalue weighted by molar-refractivity contribution is 6.04. The van der Waals surface area contributed by atoms with E-state index in [0.29, 0.717) is 28.9 Å². The van der Waals surface area contributed by atoms with E-state index in [1.54, 1.807) is 49.6 Å². The monoisotopic (exact) mass is 380 g/mol. The highest BCUT2D eigenvalue weighted by atomic mass is 16.5. The summed E-state index contributed by atoms with van der Waals surface area (Å²) in [5, 5.41) is 11.0. The Morgan fingerprint density at radius 1 is 1.21 bits per heavy atom. The van der Waals surface area contributed by atoms with Crippen LogP contribution in [0.4, 0.5) is 0 Å². The van der Waals surface area contributed by atoms with Crippen molar-refractivity contribution >= 4 is 22.9 Å². The van der Waals surface area contributed by atoms with E-state index in [-0.39, 0.29) is 11.3 Å². The van der Waals surface area contributed by atoms with Crippen LogP contribution >= 0.6 is 0 Å². The summed E-state index contributed by atoms with van der Waals surface area (Å²) in [6.45, 7) is 2.62. The summed E-state index contributed by atoms with van der Waals surface area (Å²) >= 11 is 0. The molecule has 0 bridgehead atoms. The molecular formula is C20H20N4O4. The van der Waals surface area contributed by atoms with Crippen molar-refractivity contribution in [2.75, 3.05) is 13.7 Å². The second-order valence-electron chi connectivity index (χ2n) is 5.90. The van der Waals surface area contributed by atoms with Gasteiger partial charge in [0.25, 0.3) is 11.5 Å². The highest BCUT2D eigenvalue weighted by Gasteiger charge is 2.13. The maximum Gasteiger partial charge on any atom is 0.292 e. The standard InChI is InChI=1S/C20H20N4O4/c1-3-10-28-16-9-8-13(11-17(16)27-2)12-21-23-20(26)18-14-6-4-5-7-15(14)19(25)24-22-18/h4-9,11-12H,3,10H2,1-2H3,(H,23,26)(H,24,25)/b21-12-. The molecule has 0 saturated heterocycles. The lowest BCUT2D eigenvalue weighted by Gasteiger charge is -2.10. The number of amides is 1. The molecule has 1 heterocycles. The number of fused-ring (bicyclic) bond motifs is 1. The van der Waals surface area contributed by atoms with E-state index in [0.717, 1.165) is 12.0 Å². The summed E-state index contributed by atoms with van der Waals surface area (Å²) in [6, 6.07) is 12.1. The van der Waals surface area contributed by atoms with Crippen molar-refractivity contribution < 1.29 is 14.3 Å². The number of carbonyl (C=O) groups excluding carboxylic acids is 1. The number of carbonyl (C=O) groups is 1. The molecule has 0 aliphatic heterocycles. The Hall–Kier alpha value is -3.68. The third kappa shape index (κ3) is 4.17. The zero-order valence-electron chi connectivity index (χ0n) is 15.6. The molecule has 0 atom stereocenters. The summed E-state index contributed by atoms with van der Waals surface area (Å²) in [5.74, 6) is 0.699. The molecule has 3 rings (SSSR count). The lowest BCUT2D eigenvalue weighted by molar-refractivity contribution is 0.0951. The van der Waals surface area contributed by atoms with Gasteiger partial charge in [-0.25, -0.2) is 10.5 Å². The fourth-order valence-corrected chi connectivity index (χ4v) is 2.60. The molecule has 2 N–H and O–H groups in total. The van der Waals surface area contributed by atoms with Gasteiger partial charge in [0.2, 0.25) is 0 Å². The Balaban J connectivity index is 1.75. The minimum Gasteiger partial charge on any atom is -0.493 e. The largest absolute Gasteiger partial charge is 0.493 e. The van der Waals surface area contributed by atoms with Crippen LogP contribution in [0.1, 0.15) is 29.4 Å². The zero-order chi connectivity index (χ0) is 19.9. The van der Waals surface area contributed by atoms with Crippen LogP contribution in [-0.2, 0) is 0 Å². The molecule has 1 aromatic heterocycles. The Morgan fingerprint density at radius 3 is 2.75 bits per heavy atom. The quantitative estimate of drug-likeness (QED) is 0.484. The van der Waals surface area contributed by atoms with Crippen LogP contribution in [-0.4, -0.2) is 36.0 Å². The van der Waals surface area contributed by atoms with E-state index in [2.05, 4.69) is 20.7 Å². The van der Waals surface area contributed by atoms with Gasteiger partial charge in [-0.2, -0.15) is 10.2 Å². The number of hydrogen-bond acceptors (Lipinski definition) is 6. The van der Waals surface area contributed by atoms with Gasteiger partial charge in [-0.15, -0.1) is 0 Å². The first-order valence-corrected chi connectivity index (χ1v) is 8.75. The molecule has 144 valence electrons. The van der Waals surface area contributed by atoms with Crippen LogP contribution in [0.25, 0.3) is 10.8 Å². The predicted octanol–water partition coefficient (Wildman–Crippen LogP) is 2.48. The number of methoxy groups -OCH3 is 1. The average Bonchev–Trinajstić information content (AvgIpc) is 2.73. The molecule has 8 heteroatoms. The molecule has 8 nitrogen and oxygen atoms in total. The van der Waals surface area contributed by atoms with Crippen molar-refractivity contribution in [2.45, 2.75) is 13.3 Å². The number of nitrogens with zero attached hydrogens (tertiary/aromatic N) is 2. The predicted molar refractivity (Wildman–Crippen MR) is 106 cm³/mol. The molecule has 0 unspecified atom stereocenters. The first kappa shape index (κ1) is 19.1. The number of H-pyrrole nitrogens is 1. The molecule has 1 amide bonds. The molecule has 0 spiro atoms. The Kier molecular flexibility index (Phi) is 6.01. The lowest BCUT2D eigenvalue weighted by Crippen LogP contribution is -2.22. The number of nitrogens with one attached hydrogen (secondary N) is 2. The average molecular weight is 380 g/mol. The molecule has 0 aliphatic rings. The van der Waals surface area contributed by atoms with Gasteiger partial charge in [-0.1, -0.05) is 25.1 Å². The van der Waals surface area contributed by atoms with Gasteiger partial charge in [-0.05, 0) is 36.2 Å². The summed E-state index contributed by atoms with van der Waals surface area (Å²) < 4.78 is 10.9. The smallest absolute Gasteiger partial charge is 0.292 e. The van der Waals surface area contributed by atoms with Crippen LogP contribution in [0.3, 0.4) is 0 Å². The van der Waals surface area contributed by atoms with E-state index in [1.165, 1.54) is 6.21 Å². The van der Waals surface area contributed by atoms with Crippen molar-refractivity contribution in [2.24, 2.45) is 5.10 Å². The first-order chi connectivity index (χ1) is 13.6. The van der Waals surface area contributed by atoms with Crippen molar-refractivity contribution in [3.63, 3.8) is 0 Å². The summed E-state index contributed by atoms with van der Waals surface area (Å²) in [6.07, 6.45) is 2.38. The summed E-state index contributed by atoms with van der Waals surface area (Å²) in [5.41, 5.74) is 2.88. The van der Waals surface area contributed by atoms with E-state index in [9.17, 15) is 9.59 Å². The minimum absolute atomic E-state index is 0.0910. The minimum atomic E-state index is -0.529. The van der Waals surface area contributed by atoms with Gasteiger partial charge >= 0.3 is 0 Å². The van der Waals surface area contributed by atoms with Crippen LogP contribution in [0, 0.1) is 0 Å². The van der Waals surface area contributed by atoms with Crippen molar-refractivity contribution in [1.82, 2.24) is 15.6 Å². The Labute approximate surface area is 161 Å². The van der Waals surface area contributed by atoms with Crippen LogP contribution in [0.15, 0.2) is 52.4 Å². The number of aromatic nitrogens is 2. The van der Waals surface area contributed by atoms with Crippen LogP contribution in [0.2, 0.25) is 0 Å². The lowest BCUT2D eigenvalue weighted by atomic mass is 10.1. The summed E-state index contributed by atoms with van der Waals surface area (Å²) in [7, 11) is 1.56. The number of aromatic amines is 1. The molecule has 2 aromatic carbocycles. The maximum atomic E-state index is 12.4. The number of benzene rings is 2. The molecular weight excluding hydrogens is 360 g/mol. The normalized spacial score (nSPS) is 10.9. The number of hydrazone groups is 1. The van der Waals surface area contributed by atoms with Crippen molar-refractivity contribution in [1.29, 1.82) is 0 Å². The molecule has 0 aliphatic carbocycles. The topological polar surface area (TPSA) is 106 Å². The van der Waals surface area contributed by atoms with Crippen LogP contribution in [0.5, 0.6) is 11.5 Å². The van der Waals surface area contributed by atoms with Gasteiger partial charge in [0, 0.05) is 5.39 Å². The van der Waals surface area contributed by atoms with E-state index in [1.807, 2.05) is 6.92 Å². The maximum absolute atomic E-state index is 12.4. The molecule has 0 radical (unpaired) electrons. The van der Waals surface area contributed by atoms with E-state index >= 15 is 0 Å². The van der Waals surface area contributed by atoms with Crippen molar-refractivity contribution in [3.8, 4) is 11.5 Å². The SMILES string of the molecule is CCCOc1ccc(/C=N\NC(=O)c2n[nH]c(=O)c3ccccc23)cc1OC. The Bertz CT molecular complexity index is 1080. The molecule has 3 aromatic rings. The molecule has 0 fully saturated rings. The molecule has 28 heavy (non-hydrogen) atoms. The number of hydrogen-bond donors (Lipinski definition) is 2. The van der Waals surface area contributed by atoms with Gasteiger partial charge < -0.3 is 9.47 Å².